The van der Waals surface area contributed by atoms with Crippen LogP contribution in [0.3, 0.4) is 0 Å². The fourth-order valence-corrected chi connectivity index (χ4v) is 4.80. The van der Waals surface area contributed by atoms with E-state index >= 15 is 0 Å². The van der Waals surface area contributed by atoms with Gasteiger partial charge in [-0.25, -0.2) is 21.6 Å². The largest absolute Gasteiger partial charge is 0.388 e. The number of primary amides is 1. The molecule has 1 aromatic carbocycles. The summed E-state index contributed by atoms with van der Waals surface area (Å²) in [5.74, 6) is -5.13. The van der Waals surface area contributed by atoms with Crippen LogP contribution in [-0.4, -0.2) is 49.4 Å². The van der Waals surface area contributed by atoms with Gasteiger partial charge in [0.1, 0.15) is 16.7 Å². The van der Waals surface area contributed by atoms with Gasteiger partial charge in [0.2, 0.25) is 0 Å². The number of nitrogens with two attached hydrogens (primary N) is 1. The lowest BCUT2D eigenvalue weighted by Gasteiger charge is -2.30. The summed E-state index contributed by atoms with van der Waals surface area (Å²) >= 11 is 0. The number of aliphatic hydroxyl groups is 1. The Balaban J connectivity index is 2.21. The average molecular weight is 419 g/mol. The van der Waals surface area contributed by atoms with E-state index in [0.717, 1.165) is 16.8 Å². The van der Waals surface area contributed by atoms with Gasteiger partial charge in [-0.15, -0.1) is 0 Å². The van der Waals surface area contributed by atoms with Crippen molar-refractivity contribution in [3.63, 3.8) is 0 Å². The second-order valence-corrected chi connectivity index (χ2v) is 7.99. The molecule has 8 nitrogen and oxygen atoms in total. The van der Waals surface area contributed by atoms with E-state index in [-0.39, 0.29) is 18.9 Å². The minimum Gasteiger partial charge on any atom is -0.388 e. The van der Waals surface area contributed by atoms with Gasteiger partial charge in [-0.2, -0.15) is 0 Å². The van der Waals surface area contributed by atoms with Gasteiger partial charge < -0.3 is 20.1 Å². The molecule has 1 saturated heterocycles. The summed E-state index contributed by atoms with van der Waals surface area (Å²) in [5, 5.41) is 10.1. The highest BCUT2D eigenvalue weighted by atomic mass is 32.2. The highest BCUT2D eigenvalue weighted by Gasteiger charge is 2.42. The molecular formula is C16H16F3N3O5S. The summed E-state index contributed by atoms with van der Waals surface area (Å²) in [6, 6.07) is 1.04. The third-order valence-electron chi connectivity index (χ3n) is 4.34. The summed E-state index contributed by atoms with van der Waals surface area (Å²) in [6.07, 6.45) is -0.468. The van der Waals surface area contributed by atoms with Gasteiger partial charge in [-0.3, -0.25) is 9.10 Å². The Morgan fingerprint density at radius 2 is 1.96 bits per heavy atom. The zero-order chi connectivity index (χ0) is 20.8. The molecule has 0 radical (unpaired) electrons. The summed E-state index contributed by atoms with van der Waals surface area (Å²) in [7, 11) is -3.55. The number of sulfonamides is 1. The fraction of sp³-hybridized carbons (Fsp3) is 0.312. The first kappa shape index (κ1) is 20.2. The van der Waals surface area contributed by atoms with Gasteiger partial charge in [0.15, 0.2) is 17.5 Å². The fourth-order valence-electron chi connectivity index (χ4n) is 3.02. The first-order valence-corrected chi connectivity index (χ1v) is 9.39. The molecular weight excluding hydrogens is 403 g/mol. The normalized spacial score (nSPS) is 19.8. The maximum Gasteiger partial charge on any atom is 0.269 e. The standard InChI is InChI=1S/C16H16F3N3O5S/c1-21-5-13(14(19)15(21)16(20)24)28(25,26)22(11-6-27-7-12(11)23)8-2-3-9(17)10(18)4-8/h2-5,11-12,23H,6-7H2,1H3,(H2,20,24). The molecule has 3 rings (SSSR count). The highest BCUT2D eigenvalue weighted by Crippen LogP contribution is 2.32. The predicted octanol–water partition coefficient (Wildman–Crippen LogP) is 0.496. The molecule has 2 atom stereocenters. The van der Waals surface area contributed by atoms with Crippen molar-refractivity contribution in [2.75, 3.05) is 17.5 Å². The highest BCUT2D eigenvalue weighted by molar-refractivity contribution is 7.92. The van der Waals surface area contributed by atoms with Crippen LogP contribution in [0.5, 0.6) is 0 Å². The Morgan fingerprint density at radius 1 is 1.29 bits per heavy atom. The van der Waals surface area contributed by atoms with Crippen LogP contribution in [0.4, 0.5) is 18.9 Å². The zero-order valence-corrected chi connectivity index (χ0v) is 15.3. The molecule has 2 unspecified atom stereocenters. The molecule has 0 saturated carbocycles. The summed E-state index contributed by atoms with van der Waals surface area (Å²) < 4.78 is 74.7. The number of halogens is 3. The number of nitrogens with zero attached hydrogens (tertiary/aromatic N) is 2. The molecule has 1 aliphatic heterocycles. The van der Waals surface area contributed by atoms with Gasteiger partial charge in [-0.1, -0.05) is 0 Å². The number of aliphatic hydroxyl groups excluding tert-OH is 1. The number of anilines is 1. The number of carbonyl (C=O) groups is 1. The minimum absolute atomic E-state index is 0.204. The lowest BCUT2D eigenvalue weighted by molar-refractivity contribution is 0.0988. The van der Waals surface area contributed by atoms with Gasteiger partial charge in [0.05, 0.1) is 24.9 Å². The summed E-state index contributed by atoms with van der Waals surface area (Å²) in [5.41, 5.74) is 4.06. The Bertz CT molecular complexity index is 1040. The van der Waals surface area contributed by atoms with Crippen molar-refractivity contribution in [2.45, 2.75) is 17.0 Å². The first-order chi connectivity index (χ1) is 13.1. The maximum atomic E-state index is 14.7. The second kappa shape index (κ2) is 7.11. The lowest BCUT2D eigenvalue weighted by Crippen LogP contribution is -2.47. The number of hydrogen-bond donors (Lipinski definition) is 2. The maximum absolute atomic E-state index is 14.7. The molecule has 0 spiro atoms. The van der Waals surface area contributed by atoms with Crippen LogP contribution in [0, 0.1) is 17.5 Å². The van der Waals surface area contributed by atoms with Crippen LogP contribution in [0.25, 0.3) is 0 Å². The van der Waals surface area contributed by atoms with Crippen molar-refractivity contribution < 1.29 is 36.2 Å². The number of hydrogen-bond acceptors (Lipinski definition) is 5. The quantitative estimate of drug-likeness (QED) is 0.732. The van der Waals surface area contributed by atoms with Crippen molar-refractivity contribution in [3.05, 3.63) is 47.5 Å². The molecule has 152 valence electrons. The van der Waals surface area contributed by atoms with E-state index in [1.807, 2.05) is 0 Å². The van der Waals surface area contributed by atoms with Gasteiger partial charge in [0, 0.05) is 19.3 Å². The van der Waals surface area contributed by atoms with Crippen LogP contribution >= 0.6 is 0 Å². The van der Waals surface area contributed by atoms with Gasteiger partial charge in [0.25, 0.3) is 15.9 Å². The van der Waals surface area contributed by atoms with Crippen molar-refractivity contribution in [3.8, 4) is 0 Å². The molecule has 12 heteroatoms. The van der Waals surface area contributed by atoms with E-state index in [4.69, 9.17) is 10.5 Å². The van der Waals surface area contributed by atoms with Crippen LogP contribution in [0.15, 0.2) is 29.3 Å². The van der Waals surface area contributed by atoms with E-state index in [9.17, 15) is 31.5 Å². The molecule has 1 fully saturated rings. The Kier molecular flexibility index (Phi) is 5.12. The van der Waals surface area contributed by atoms with Gasteiger partial charge >= 0.3 is 0 Å². The van der Waals surface area contributed by atoms with Crippen LogP contribution in [0.1, 0.15) is 10.5 Å². The second-order valence-electron chi connectivity index (χ2n) is 6.20. The van der Waals surface area contributed by atoms with Crippen LogP contribution in [-0.2, 0) is 21.8 Å². The molecule has 1 amide bonds. The zero-order valence-electron chi connectivity index (χ0n) is 14.5. The van der Waals surface area contributed by atoms with Crippen molar-refractivity contribution >= 4 is 21.6 Å². The van der Waals surface area contributed by atoms with E-state index < -0.39 is 56.1 Å². The van der Waals surface area contributed by atoms with E-state index in [2.05, 4.69) is 0 Å². The Hall–Kier alpha value is -2.57. The third-order valence-corrected chi connectivity index (χ3v) is 6.18. The molecule has 0 bridgehead atoms. The number of amides is 1. The van der Waals surface area contributed by atoms with Crippen molar-refractivity contribution in [1.82, 2.24) is 4.57 Å². The SMILES string of the molecule is Cn1cc(S(=O)(=O)N(c2ccc(F)c(F)c2)C2COCC2O)c(F)c1C(N)=O. The molecule has 0 aliphatic carbocycles. The lowest BCUT2D eigenvalue weighted by atomic mass is 10.2. The number of rotatable bonds is 5. The number of carbonyl (C=O) groups excluding carboxylic acids is 1. The average Bonchev–Trinajstić information content (AvgIpc) is 3.14. The molecule has 28 heavy (non-hydrogen) atoms. The Labute approximate surface area is 158 Å². The molecule has 1 aliphatic rings. The first-order valence-electron chi connectivity index (χ1n) is 7.95. The predicted molar refractivity (Wildman–Crippen MR) is 90.5 cm³/mol. The van der Waals surface area contributed by atoms with E-state index in [0.29, 0.717) is 16.4 Å². The van der Waals surface area contributed by atoms with Gasteiger partial charge in [-0.05, 0) is 12.1 Å². The summed E-state index contributed by atoms with van der Waals surface area (Å²) in [6.45, 7) is -0.472. The minimum atomic E-state index is -4.77. The smallest absolute Gasteiger partial charge is 0.269 e. The van der Waals surface area contributed by atoms with E-state index in [1.54, 1.807) is 0 Å². The Morgan fingerprint density at radius 3 is 2.46 bits per heavy atom. The molecule has 1 aromatic heterocycles. The third kappa shape index (κ3) is 3.23. The topological polar surface area (TPSA) is 115 Å². The van der Waals surface area contributed by atoms with Crippen molar-refractivity contribution in [2.24, 2.45) is 12.8 Å². The van der Waals surface area contributed by atoms with Crippen LogP contribution in [0.2, 0.25) is 0 Å². The molecule has 3 N–H and O–H groups in total. The molecule has 2 heterocycles. The number of aryl methyl sites for hydroxylation is 1. The summed E-state index contributed by atoms with van der Waals surface area (Å²) in [4.78, 5) is 10.5. The van der Waals surface area contributed by atoms with E-state index in [1.165, 1.54) is 7.05 Å². The monoisotopic (exact) mass is 419 g/mol. The molecule has 2 aromatic rings. The number of ether oxygens (including phenoxy) is 1. The number of aromatic nitrogens is 1. The van der Waals surface area contributed by atoms with Crippen LogP contribution < -0.4 is 10.0 Å². The number of benzene rings is 1. The van der Waals surface area contributed by atoms with Crippen molar-refractivity contribution in [1.29, 1.82) is 0 Å².